The molecule has 0 aliphatic heterocycles. The molecule has 3 nitrogen and oxygen atoms in total. The molecule has 0 heterocycles. The maximum Gasteiger partial charge on any atom is 0.508 e. The quantitative estimate of drug-likeness (QED) is 0.656. The molecular weight excluding hydrogens is 180 g/mol. The molecule has 0 aromatic rings. The van der Waals surface area contributed by atoms with Crippen LogP contribution < -0.4 is 0 Å². The van der Waals surface area contributed by atoms with Crippen LogP contribution in [-0.2, 0) is 9.47 Å². The average molecular weight is 202 g/mol. The molecule has 0 spiro atoms. The van der Waals surface area contributed by atoms with Crippen molar-refractivity contribution in [3.8, 4) is 0 Å². The fraction of sp³-hybridized carbons (Fsp3) is 0.909. The normalized spacial score (nSPS) is 13.5. The van der Waals surface area contributed by atoms with Gasteiger partial charge in [0.1, 0.15) is 5.60 Å². The van der Waals surface area contributed by atoms with Crippen LogP contribution >= 0.6 is 0 Å². The number of hydrogen-bond acceptors (Lipinski definition) is 3. The molecule has 0 saturated carbocycles. The monoisotopic (exact) mass is 202 g/mol. The van der Waals surface area contributed by atoms with E-state index in [0.717, 1.165) is 12.8 Å². The summed E-state index contributed by atoms with van der Waals surface area (Å²) in [6, 6.07) is 0. The lowest BCUT2D eigenvalue weighted by Crippen LogP contribution is -2.25. The molecule has 14 heavy (non-hydrogen) atoms. The Morgan fingerprint density at radius 1 is 1.36 bits per heavy atom. The van der Waals surface area contributed by atoms with E-state index in [1.807, 2.05) is 20.8 Å². The molecule has 0 aromatic carbocycles. The van der Waals surface area contributed by atoms with Gasteiger partial charge in [-0.15, -0.1) is 0 Å². The van der Waals surface area contributed by atoms with Crippen LogP contribution in [0.1, 0.15) is 47.5 Å². The minimum atomic E-state index is -0.569. The SMILES string of the molecule is CCCC(C)COC(=O)OC(C)(C)C. The molecule has 1 atom stereocenters. The van der Waals surface area contributed by atoms with E-state index in [2.05, 4.69) is 13.8 Å². The van der Waals surface area contributed by atoms with Gasteiger partial charge in [0.25, 0.3) is 0 Å². The van der Waals surface area contributed by atoms with Gasteiger partial charge < -0.3 is 9.47 Å². The number of ether oxygens (including phenoxy) is 2. The van der Waals surface area contributed by atoms with Crippen LogP contribution in [0.15, 0.2) is 0 Å². The summed E-state index contributed by atoms with van der Waals surface area (Å²) in [4.78, 5) is 11.1. The van der Waals surface area contributed by atoms with Crippen LogP contribution in [0.25, 0.3) is 0 Å². The predicted molar refractivity (Wildman–Crippen MR) is 56.3 cm³/mol. The van der Waals surface area contributed by atoms with Gasteiger partial charge >= 0.3 is 6.16 Å². The highest BCUT2D eigenvalue weighted by Crippen LogP contribution is 2.10. The third-order valence-electron chi connectivity index (χ3n) is 1.66. The summed E-state index contributed by atoms with van der Waals surface area (Å²) in [5, 5.41) is 0. The summed E-state index contributed by atoms with van der Waals surface area (Å²) in [5.41, 5.74) is -0.467. The van der Waals surface area contributed by atoms with Crippen LogP contribution in [0.2, 0.25) is 0 Å². The van der Waals surface area contributed by atoms with Crippen molar-refractivity contribution in [3.63, 3.8) is 0 Å². The number of carbonyl (C=O) groups excluding carboxylic acids is 1. The van der Waals surface area contributed by atoms with E-state index in [4.69, 9.17) is 9.47 Å². The summed E-state index contributed by atoms with van der Waals surface area (Å²) in [5.74, 6) is 0.410. The van der Waals surface area contributed by atoms with Crippen LogP contribution in [0, 0.1) is 5.92 Å². The Hall–Kier alpha value is -0.730. The highest BCUT2D eigenvalue weighted by atomic mass is 16.7. The molecular formula is C11H22O3. The molecule has 0 bridgehead atoms. The van der Waals surface area contributed by atoms with E-state index in [0.29, 0.717) is 12.5 Å². The molecule has 0 radical (unpaired) electrons. The van der Waals surface area contributed by atoms with Gasteiger partial charge in [0, 0.05) is 0 Å². The van der Waals surface area contributed by atoms with Gasteiger partial charge in [0.15, 0.2) is 0 Å². The zero-order chi connectivity index (χ0) is 11.2. The van der Waals surface area contributed by atoms with E-state index in [9.17, 15) is 4.79 Å². The molecule has 0 aromatic heterocycles. The first-order valence-corrected chi connectivity index (χ1v) is 5.21. The van der Waals surface area contributed by atoms with Gasteiger partial charge in [0.2, 0.25) is 0 Å². The standard InChI is InChI=1S/C11H22O3/c1-6-7-9(2)8-13-10(12)14-11(3,4)5/h9H,6-8H2,1-5H3. The summed E-state index contributed by atoms with van der Waals surface area (Å²) in [6.45, 7) is 10.1. The summed E-state index contributed by atoms with van der Waals surface area (Å²) in [7, 11) is 0. The Kier molecular flexibility index (Phi) is 5.58. The first-order chi connectivity index (χ1) is 6.35. The first kappa shape index (κ1) is 13.3. The van der Waals surface area contributed by atoms with Gasteiger partial charge in [-0.05, 0) is 33.1 Å². The zero-order valence-corrected chi connectivity index (χ0v) is 9.92. The smallest absolute Gasteiger partial charge is 0.434 e. The predicted octanol–water partition coefficient (Wildman–Crippen LogP) is 3.37. The zero-order valence-electron chi connectivity index (χ0n) is 9.92. The lowest BCUT2D eigenvalue weighted by molar-refractivity contribution is -0.0127. The molecule has 0 aliphatic rings. The largest absolute Gasteiger partial charge is 0.508 e. The van der Waals surface area contributed by atoms with E-state index < -0.39 is 11.8 Å². The lowest BCUT2D eigenvalue weighted by atomic mass is 10.1. The van der Waals surface area contributed by atoms with Crippen molar-refractivity contribution in [1.82, 2.24) is 0 Å². The Bertz CT molecular complexity index is 170. The van der Waals surface area contributed by atoms with Crippen molar-refractivity contribution in [1.29, 1.82) is 0 Å². The van der Waals surface area contributed by atoms with Gasteiger partial charge in [-0.2, -0.15) is 0 Å². The maximum atomic E-state index is 11.1. The van der Waals surface area contributed by atoms with Crippen molar-refractivity contribution >= 4 is 6.16 Å². The van der Waals surface area contributed by atoms with Gasteiger partial charge in [-0.3, -0.25) is 0 Å². The molecule has 84 valence electrons. The molecule has 0 saturated heterocycles. The average Bonchev–Trinajstić information content (AvgIpc) is 1.98. The Balaban J connectivity index is 3.64. The van der Waals surface area contributed by atoms with E-state index in [-0.39, 0.29) is 0 Å². The first-order valence-electron chi connectivity index (χ1n) is 5.21. The minimum absolute atomic E-state index is 0.410. The topological polar surface area (TPSA) is 35.5 Å². The third kappa shape index (κ3) is 7.90. The maximum absolute atomic E-state index is 11.1. The van der Waals surface area contributed by atoms with Crippen molar-refractivity contribution in [2.45, 2.75) is 53.1 Å². The van der Waals surface area contributed by atoms with E-state index in [1.54, 1.807) is 0 Å². The molecule has 0 fully saturated rings. The van der Waals surface area contributed by atoms with Crippen molar-refractivity contribution < 1.29 is 14.3 Å². The van der Waals surface area contributed by atoms with Crippen LogP contribution in [0.3, 0.4) is 0 Å². The Labute approximate surface area is 86.8 Å². The second-order valence-corrected chi connectivity index (χ2v) is 4.67. The fourth-order valence-corrected chi connectivity index (χ4v) is 1.07. The van der Waals surface area contributed by atoms with E-state index in [1.165, 1.54) is 0 Å². The van der Waals surface area contributed by atoms with Crippen LogP contribution in [0.5, 0.6) is 0 Å². The van der Waals surface area contributed by atoms with Gasteiger partial charge in [-0.25, -0.2) is 4.79 Å². The molecule has 1 unspecified atom stereocenters. The molecule has 0 aliphatic carbocycles. The van der Waals surface area contributed by atoms with Gasteiger partial charge in [-0.1, -0.05) is 20.3 Å². The van der Waals surface area contributed by atoms with Crippen molar-refractivity contribution in [2.24, 2.45) is 5.92 Å². The van der Waals surface area contributed by atoms with Crippen molar-refractivity contribution in [3.05, 3.63) is 0 Å². The highest BCUT2D eigenvalue weighted by Gasteiger charge is 2.17. The highest BCUT2D eigenvalue weighted by molar-refractivity contribution is 5.60. The fourth-order valence-electron chi connectivity index (χ4n) is 1.07. The second-order valence-electron chi connectivity index (χ2n) is 4.67. The molecule has 0 rings (SSSR count). The summed E-state index contributed by atoms with van der Waals surface area (Å²) in [6.07, 6.45) is 1.61. The number of hydrogen-bond donors (Lipinski definition) is 0. The summed E-state index contributed by atoms with van der Waals surface area (Å²) < 4.78 is 9.98. The lowest BCUT2D eigenvalue weighted by Gasteiger charge is -2.19. The van der Waals surface area contributed by atoms with Crippen LogP contribution in [-0.4, -0.2) is 18.4 Å². The molecule has 0 N–H and O–H groups in total. The second kappa shape index (κ2) is 5.89. The Morgan fingerprint density at radius 2 is 1.93 bits per heavy atom. The minimum Gasteiger partial charge on any atom is -0.434 e. The Morgan fingerprint density at radius 3 is 2.36 bits per heavy atom. The van der Waals surface area contributed by atoms with Crippen molar-refractivity contribution in [2.75, 3.05) is 6.61 Å². The molecule has 0 amide bonds. The van der Waals surface area contributed by atoms with Crippen LogP contribution in [0.4, 0.5) is 4.79 Å². The summed E-state index contributed by atoms with van der Waals surface area (Å²) >= 11 is 0. The molecule has 3 heteroatoms. The number of carbonyl (C=O) groups is 1. The van der Waals surface area contributed by atoms with E-state index >= 15 is 0 Å². The third-order valence-corrected chi connectivity index (χ3v) is 1.66. The number of rotatable bonds is 4. The van der Waals surface area contributed by atoms with Gasteiger partial charge in [0.05, 0.1) is 6.61 Å².